The molecule has 31 heavy (non-hydrogen) atoms. The van der Waals surface area contributed by atoms with Gasteiger partial charge >= 0.3 is 5.97 Å². The standard InChI is InChI=1S/C25H31NO5/c1-3-30-24(25(27)28)17-19-7-9-22(10-8-19)31-16-15-26-13-11-20(12-14-26)21-5-4-6-23(18-21)29-2/h4-11,18,24H,3,12-17H2,1-2H3,(H,27,28). The molecular weight excluding hydrogens is 394 g/mol. The molecule has 0 aromatic heterocycles. The summed E-state index contributed by atoms with van der Waals surface area (Å²) in [6.07, 6.45) is 2.82. The Labute approximate surface area is 184 Å². The van der Waals surface area contributed by atoms with Crippen molar-refractivity contribution in [2.75, 3.05) is 40.0 Å². The fourth-order valence-corrected chi connectivity index (χ4v) is 3.65. The fourth-order valence-electron chi connectivity index (χ4n) is 3.65. The first-order chi connectivity index (χ1) is 15.1. The van der Waals surface area contributed by atoms with Crippen LogP contribution in [0.3, 0.4) is 0 Å². The maximum absolute atomic E-state index is 11.2. The summed E-state index contributed by atoms with van der Waals surface area (Å²) in [7, 11) is 1.69. The number of hydrogen-bond donors (Lipinski definition) is 1. The predicted molar refractivity (Wildman–Crippen MR) is 121 cm³/mol. The molecule has 1 atom stereocenters. The third-order valence-electron chi connectivity index (χ3n) is 5.40. The second-order valence-electron chi connectivity index (χ2n) is 7.49. The quantitative estimate of drug-likeness (QED) is 0.589. The third kappa shape index (κ3) is 6.84. The van der Waals surface area contributed by atoms with Crippen LogP contribution in [0.15, 0.2) is 54.6 Å². The number of nitrogens with zero attached hydrogens (tertiary/aromatic N) is 1. The monoisotopic (exact) mass is 425 g/mol. The molecule has 0 radical (unpaired) electrons. The van der Waals surface area contributed by atoms with Crippen LogP contribution in [0.1, 0.15) is 24.5 Å². The van der Waals surface area contributed by atoms with Gasteiger partial charge in [0.05, 0.1) is 7.11 Å². The van der Waals surface area contributed by atoms with Crippen molar-refractivity contribution in [3.8, 4) is 11.5 Å². The number of aliphatic carboxylic acids is 1. The van der Waals surface area contributed by atoms with Crippen LogP contribution in [0.5, 0.6) is 11.5 Å². The summed E-state index contributed by atoms with van der Waals surface area (Å²) in [5.74, 6) is 0.737. The van der Waals surface area contributed by atoms with E-state index < -0.39 is 12.1 Å². The number of carboxylic acid groups (broad SMARTS) is 1. The van der Waals surface area contributed by atoms with Crippen LogP contribution in [0.25, 0.3) is 5.57 Å². The maximum atomic E-state index is 11.2. The molecule has 0 amide bonds. The Morgan fingerprint density at radius 2 is 1.97 bits per heavy atom. The van der Waals surface area contributed by atoms with Gasteiger partial charge in [-0.15, -0.1) is 0 Å². The van der Waals surface area contributed by atoms with E-state index in [1.807, 2.05) is 36.4 Å². The molecule has 2 aromatic rings. The van der Waals surface area contributed by atoms with E-state index in [0.717, 1.165) is 43.1 Å². The van der Waals surface area contributed by atoms with E-state index in [2.05, 4.69) is 23.1 Å². The van der Waals surface area contributed by atoms with Crippen molar-refractivity contribution in [2.45, 2.75) is 25.9 Å². The van der Waals surface area contributed by atoms with E-state index in [0.29, 0.717) is 19.6 Å². The first-order valence-corrected chi connectivity index (χ1v) is 10.7. The molecule has 3 rings (SSSR count). The lowest BCUT2D eigenvalue weighted by Gasteiger charge is -2.26. The van der Waals surface area contributed by atoms with E-state index in [4.69, 9.17) is 14.2 Å². The number of rotatable bonds is 11. The molecule has 1 unspecified atom stereocenters. The van der Waals surface area contributed by atoms with Gasteiger partial charge in [0.2, 0.25) is 0 Å². The van der Waals surface area contributed by atoms with Gasteiger partial charge in [-0.05, 0) is 54.3 Å². The molecule has 1 heterocycles. The van der Waals surface area contributed by atoms with Gasteiger partial charge in [0.1, 0.15) is 18.1 Å². The van der Waals surface area contributed by atoms with Crippen LogP contribution in [0.2, 0.25) is 0 Å². The topological polar surface area (TPSA) is 68.2 Å². The lowest BCUT2D eigenvalue weighted by atomic mass is 9.99. The largest absolute Gasteiger partial charge is 0.497 e. The zero-order chi connectivity index (χ0) is 22.1. The Balaban J connectivity index is 1.43. The molecule has 0 spiro atoms. The minimum atomic E-state index is -0.938. The maximum Gasteiger partial charge on any atom is 0.333 e. The van der Waals surface area contributed by atoms with E-state index in [1.54, 1.807) is 14.0 Å². The van der Waals surface area contributed by atoms with Gasteiger partial charge in [-0.3, -0.25) is 4.90 Å². The normalized spacial score (nSPS) is 15.2. The second-order valence-corrected chi connectivity index (χ2v) is 7.49. The molecule has 0 fully saturated rings. The molecule has 1 aliphatic rings. The molecule has 166 valence electrons. The number of carboxylic acids is 1. The molecule has 0 bridgehead atoms. The van der Waals surface area contributed by atoms with Gasteiger partial charge in [-0.2, -0.15) is 0 Å². The zero-order valence-corrected chi connectivity index (χ0v) is 18.3. The summed E-state index contributed by atoms with van der Waals surface area (Å²) < 4.78 is 16.5. The van der Waals surface area contributed by atoms with Crippen molar-refractivity contribution >= 4 is 11.5 Å². The Kier molecular flexibility index (Phi) is 8.50. The minimum Gasteiger partial charge on any atom is -0.497 e. The van der Waals surface area contributed by atoms with E-state index in [9.17, 15) is 9.90 Å². The summed E-state index contributed by atoms with van der Waals surface area (Å²) in [6.45, 7) is 5.55. The molecule has 0 aliphatic carbocycles. The highest BCUT2D eigenvalue weighted by atomic mass is 16.5. The molecule has 0 saturated carbocycles. The Bertz CT molecular complexity index is 878. The van der Waals surface area contributed by atoms with Gasteiger partial charge in [0, 0.05) is 32.7 Å². The van der Waals surface area contributed by atoms with Crippen molar-refractivity contribution in [1.29, 1.82) is 0 Å². The van der Waals surface area contributed by atoms with Gasteiger partial charge in [0.25, 0.3) is 0 Å². The zero-order valence-electron chi connectivity index (χ0n) is 18.3. The van der Waals surface area contributed by atoms with Crippen molar-refractivity contribution in [3.05, 3.63) is 65.7 Å². The number of methoxy groups -OCH3 is 1. The first-order valence-electron chi connectivity index (χ1n) is 10.7. The lowest BCUT2D eigenvalue weighted by Crippen LogP contribution is -2.32. The van der Waals surface area contributed by atoms with E-state index >= 15 is 0 Å². The van der Waals surface area contributed by atoms with Crippen LogP contribution < -0.4 is 9.47 Å². The third-order valence-corrected chi connectivity index (χ3v) is 5.40. The highest BCUT2D eigenvalue weighted by Gasteiger charge is 2.18. The fraction of sp³-hybridized carbons (Fsp3) is 0.400. The van der Waals surface area contributed by atoms with E-state index in [-0.39, 0.29) is 0 Å². The molecule has 6 nitrogen and oxygen atoms in total. The van der Waals surface area contributed by atoms with Crippen LogP contribution in [-0.2, 0) is 16.0 Å². The summed E-state index contributed by atoms with van der Waals surface area (Å²) in [6, 6.07) is 15.8. The van der Waals surface area contributed by atoms with Gasteiger partial charge in [-0.1, -0.05) is 30.3 Å². The Morgan fingerprint density at radius 3 is 2.61 bits per heavy atom. The number of carbonyl (C=O) groups is 1. The molecule has 0 saturated heterocycles. The predicted octanol–water partition coefficient (Wildman–Crippen LogP) is 3.90. The molecule has 1 aliphatic heterocycles. The van der Waals surface area contributed by atoms with Crippen LogP contribution in [0.4, 0.5) is 0 Å². The van der Waals surface area contributed by atoms with E-state index in [1.165, 1.54) is 11.1 Å². The summed E-state index contributed by atoms with van der Waals surface area (Å²) in [5, 5.41) is 9.20. The molecule has 2 aromatic carbocycles. The van der Waals surface area contributed by atoms with Gasteiger partial charge in [0.15, 0.2) is 6.10 Å². The van der Waals surface area contributed by atoms with Crippen molar-refractivity contribution in [3.63, 3.8) is 0 Å². The number of hydrogen-bond acceptors (Lipinski definition) is 5. The van der Waals surface area contributed by atoms with Crippen LogP contribution in [0, 0.1) is 0 Å². The summed E-state index contributed by atoms with van der Waals surface area (Å²) in [4.78, 5) is 13.6. The Morgan fingerprint density at radius 1 is 1.16 bits per heavy atom. The van der Waals surface area contributed by atoms with Crippen molar-refractivity contribution in [1.82, 2.24) is 4.90 Å². The highest BCUT2D eigenvalue weighted by Crippen LogP contribution is 2.25. The number of benzene rings is 2. The minimum absolute atomic E-state index is 0.346. The molecule has 6 heteroatoms. The highest BCUT2D eigenvalue weighted by molar-refractivity contribution is 5.72. The average molecular weight is 426 g/mol. The molecule has 1 N–H and O–H groups in total. The first kappa shape index (κ1) is 22.8. The number of ether oxygens (including phenoxy) is 3. The average Bonchev–Trinajstić information content (AvgIpc) is 2.80. The Hall–Kier alpha value is -2.83. The van der Waals surface area contributed by atoms with Gasteiger partial charge in [-0.25, -0.2) is 4.79 Å². The van der Waals surface area contributed by atoms with Crippen LogP contribution in [-0.4, -0.2) is 62.0 Å². The van der Waals surface area contributed by atoms with Crippen LogP contribution >= 0.6 is 0 Å². The second kappa shape index (κ2) is 11.5. The lowest BCUT2D eigenvalue weighted by molar-refractivity contribution is -0.149. The van der Waals surface area contributed by atoms with Gasteiger partial charge < -0.3 is 19.3 Å². The molecular formula is C25H31NO5. The van der Waals surface area contributed by atoms with Crippen molar-refractivity contribution in [2.24, 2.45) is 0 Å². The SMILES string of the molecule is CCOC(Cc1ccc(OCCN2CC=C(c3cccc(OC)c3)CC2)cc1)C(=O)O. The smallest absolute Gasteiger partial charge is 0.333 e. The summed E-state index contributed by atoms with van der Waals surface area (Å²) >= 11 is 0. The van der Waals surface area contributed by atoms with Crippen molar-refractivity contribution < 1.29 is 24.1 Å². The summed E-state index contributed by atoms with van der Waals surface area (Å²) in [5.41, 5.74) is 3.50.